The van der Waals surface area contributed by atoms with Gasteiger partial charge in [-0.05, 0) is 38.0 Å². The van der Waals surface area contributed by atoms with E-state index in [-0.39, 0.29) is 0 Å². The van der Waals surface area contributed by atoms with Crippen LogP contribution in [0, 0.1) is 0 Å². The quantitative estimate of drug-likeness (QED) is 0.871. The zero-order valence-electron chi connectivity index (χ0n) is 13.0. The number of piperazine rings is 1. The molecule has 1 spiro atoms. The number of nitrogens with zero attached hydrogens (tertiary/aromatic N) is 1. The highest BCUT2D eigenvalue weighted by Crippen LogP contribution is 2.38. The number of hydrogen-bond donors (Lipinski definition) is 1. The van der Waals surface area contributed by atoms with E-state index in [4.69, 9.17) is 4.74 Å². The summed E-state index contributed by atoms with van der Waals surface area (Å²) in [5.41, 5.74) is 1.52. The molecule has 21 heavy (non-hydrogen) atoms. The first kappa shape index (κ1) is 15.2. The summed E-state index contributed by atoms with van der Waals surface area (Å²) < 4.78 is 6.71. The Morgan fingerprint density at radius 3 is 2.76 bits per heavy atom. The number of methoxy groups -OCH3 is 1. The van der Waals surface area contributed by atoms with Crippen LogP contribution in [0.5, 0.6) is 5.75 Å². The van der Waals surface area contributed by atoms with Crippen LogP contribution in [0.2, 0.25) is 0 Å². The molecular weight excluding hydrogens is 328 g/mol. The molecular formula is C17H25BrN2O. The van der Waals surface area contributed by atoms with Crippen molar-refractivity contribution in [1.82, 2.24) is 5.32 Å². The van der Waals surface area contributed by atoms with Gasteiger partial charge in [0, 0.05) is 29.1 Å². The minimum atomic E-state index is 0.304. The van der Waals surface area contributed by atoms with E-state index in [2.05, 4.69) is 45.2 Å². The Hall–Kier alpha value is -0.740. The molecule has 1 N–H and O–H groups in total. The minimum absolute atomic E-state index is 0.304. The van der Waals surface area contributed by atoms with E-state index in [1.807, 2.05) is 6.07 Å². The molecule has 0 aromatic heterocycles. The zero-order chi connectivity index (χ0) is 14.9. The molecule has 0 amide bonds. The van der Waals surface area contributed by atoms with Gasteiger partial charge < -0.3 is 15.0 Å². The smallest absolute Gasteiger partial charge is 0.142 e. The topological polar surface area (TPSA) is 24.5 Å². The molecule has 2 fully saturated rings. The SMILES string of the molecule is COc1ccc(Br)cc1N1CC2(CCCCC2)NCC1C. The van der Waals surface area contributed by atoms with E-state index < -0.39 is 0 Å². The van der Waals surface area contributed by atoms with Crippen molar-refractivity contribution < 1.29 is 4.74 Å². The molecule has 1 aliphatic carbocycles. The van der Waals surface area contributed by atoms with Gasteiger partial charge in [-0.2, -0.15) is 0 Å². The lowest BCUT2D eigenvalue weighted by Gasteiger charge is -2.50. The predicted octanol–water partition coefficient (Wildman–Crippen LogP) is 3.96. The number of nitrogens with one attached hydrogen (secondary N) is 1. The van der Waals surface area contributed by atoms with Crippen molar-refractivity contribution >= 4 is 21.6 Å². The Bertz CT molecular complexity index is 500. The number of hydrogen-bond acceptors (Lipinski definition) is 3. The number of benzene rings is 1. The van der Waals surface area contributed by atoms with Crippen LogP contribution in [0.3, 0.4) is 0 Å². The molecule has 1 atom stereocenters. The number of halogens is 1. The zero-order valence-corrected chi connectivity index (χ0v) is 14.6. The van der Waals surface area contributed by atoms with Crippen molar-refractivity contribution in [1.29, 1.82) is 0 Å². The van der Waals surface area contributed by atoms with Crippen molar-refractivity contribution in [2.24, 2.45) is 0 Å². The van der Waals surface area contributed by atoms with Gasteiger partial charge in [0.15, 0.2) is 0 Å². The van der Waals surface area contributed by atoms with E-state index in [0.717, 1.165) is 23.3 Å². The maximum Gasteiger partial charge on any atom is 0.142 e. The van der Waals surface area contributed by atoms with Gasteiger partial charge >= 0.3 is 0 Å². The van der Waals surface area contributed by atoms with Gasteiger partial charge in [-0.25, -0.2) is 0 Å². The fraction of sp³-hybridized carbons (Fsp3) is 0.647. The van der Waals surface area contributed by atoms with E-state index in [1.165, 1.54) is 37.8 Å². The van der Waals surface area contributed by atoms with E-state index in [1.54, 1.807) is 7.11 Å². The summed E-state index contributed by atoms with van der Waals surface area (Å²) in [6, 6.07) is 6.78. The molecule has 0 bridgehead atoms. The van der Waals surface area contributed by atoms with Crippen LogP contribution >= 0.6 is 15.9 Å². The van der Waals surface area contributed by atoms with E-state index in [9.17, 15) is 0 Å². The van der Waals surface area contributed by atoms with Crippen LogP contribution in [0.4, 0.5) is 5.69 Å². The first-order chi connectivity index (χ1) is 10.1. The molecule has 1 aromatic rings. The van der Waals surface area contributed by atoms with Gasteiger partial charge in [0.25, 0.3) is 0 Å². The van der Waals surface area contributed by atoms with Crippen molar-refractivity contribution in [3.8, 4) is 5.75 Å². The van der Waals surface area contributed by atoms with Crippen molar-refractivity contribution in [2.75, 3.05) is 25.1 Å². The third kappa shape index (κ3) is 3.07. The summed E-state index contributed by atoms with van der Waals surface area (Å²) in [6.45, 7) is 4.43. The largest absolute Gasteiger partial charge is 0.495 e. The van der Waals surface area contributed by atoms with Crippen LogP contribution in [0.25, 0.3) is 0 Å². The Morgan fingerprint density at radius 1 is 1.29 bits per heavy atom. The molecule has 3 rings (SSSR count). The predicted molar refractivity (Wildman–Crippen MR) is 91.3 cm³/mol. The second-order valence-corrected chi connectivity index (χ2v) is 7.43. The summed E-state index contributed by atoms with van der Waals surface area (Å²) in [6.07, 6.45) is 6.69. The van der Waals surface area contributed by atoms with E-state index >= 15 is 0 Å². The molecule has 1 saturated heterocycles. The lowest BCUT2D eigenvalue weighted by molar-refractivity contribution is 0.200. The van der Waals surface area contributed by atoms with Crippen molar-refractivity contribution in [3.05, 3.63) is 22.7 Å². The summed E-state index contributed by atoms with van der Waals surface area (Å²) in [4.78, 5) is 2.53. The van der Waals surface area contributed by atoms with Gasteiger partial charge in [-0.3, -0.25) is 0 Å². The van der Waals surface area contributed by atoms with Gasteiger partial charge in [0.2, 0.25) is 0 Å². The first-order valence-electron chi connectivity index (χ1n) is 7.99. The van der Waals surface area contributed by atoms with Gasteiger partial charge in [-0.1, -0.05) is 35.2 Å². The second-order valence-electron chi connectivity index (χ2n) is 6.51. The Labute approximate surface area is 136 Å². The fourth-order valence-electron chi connectivity index (χ4n) is 3.79. The maximum absolute atomic E-state index is 5.59. The molecule has 2 aliphatic rings. The third-order valence-electron chi connectivity index (χ3n) is 5.04. The molecule has 0 radical (unpaired) electrons. The van der Waals surface area contributed by atoms with Gasteiger partial charge in [0.05, 0.1) is 12.8 Å². The highest BCUT2D eigenvalue weighted by molar-refractivity contribution is 9.10. The normalized spacial score (nSPS) is 25.1. The van der Waals surface area contributed by atoms with Crippen LogP contribution in [-0.4, -0.2) is 31.8 Å². The maximum atomic E-state index is 5.59. The number of ether oxygens (including phenoxy) is 1. The molecule has 1 aliphatic heterocycles. The lowest BCUT2D eigenvalue weighted by Crippen LogP contribution is -2.64. The van der Waals surface area contributed by atoms with Crippen molar-refractivity contribution in [2.45, 2.75) is 50.6 Å². The summed E-state index contributed by atoms with van der Waals surface area (Å²) >= 11 is 3.60. The third-order valence-corrected chi connectivity index (χ3v) is 5.53. The molecule has 1 saturated carbocycles. The van der Waals surface area contributed by atoms with Crippen molar-refractivity contribution in [3.63, 3.8) is 0 Å². The Morgan fingerprint density at radius 2 is 2.05 bits per heavy atom. The average molecular weight is 353 g/mol. The number of anilines is 1. The van der Waals surface area contributed by atoms with Gasteiger partial charge in [-0.15, -0.1) is 0 Å². The Kier molecular flexibility index (Phi) is 4.46. The minimum Gasteiger partial charge on any atom is -0.495 e. The van der Waals surface area contributed by atoms with E-state index in [0.29, 0.717) is 11.6 Å². The lowest BCUT2D eigenvalue weighted by atomic mass is 9.79. The van der Waals surface area contributed by atoms with Crippen LogP contribution in [0.15, 0.2) is 22.7 Å². The molecule has 1 unspecified atom stereocenters. The summed E-state index contributed by atoms with van der Waals surface area (Å²) in [7, 11) is 1.76. The molecule has 3 nitrogen and oxygen atoms in total. The average Bonchev–Trinajstić information content (AvgIpc) is 2.51. The Balaban J connectivity index is 1.90. The highest BCUT2D eigenvalue weighted by atomic mass is 79.9. The molecule has 116 valence electrons. The monoisotopic (exact) mass is 352 g/mol. The fourth-order valence-corrected chi connectivity index (χ4v) is 4.13. The number of rotatable bonds is 2. The standard InChI is InChI=1S/C17H25BrN2O/c1-13-11-19-17(8-4-3-5-9-17)12-20(13)15-10-14(18)6-7-16(15)21-2/h6-7,10,13,19H,3-5,8-9,11-12H2,1-2H3. The van der Waals surface area contributed by atoms with Gasteiger partial charge in [0.1, 0.15) is 5.75 Å². The first-order valence-corrected chi connectivity index (χ1v) is 8.78. The highest BCUT2D eigenvalue weighted by Gasteiger charge is 2.39. The summed E-state index contributed by atoms with van der Waals surface area (Å²) in [5.74, 6) is 0.970. The van der Waals surface area contributed by atoms with Crippen LogP contribution < -0.4 is 15.0 Å². The second kappa shape index (κ2) is 6.17. The van der Waals surface area contributed by atoms with Crippen LogP contribution in [-0.2, 0) is 0 Å². The molecule has 1 aromatic carbocycles. The summed E-state index contributed by atoms with van der Waals surface area (Å²) in [5, 5.41) is 3.84. The van der Waals surface area contributed by atoms with Crippen LogP contribution in [0.1, 0.15) is 39.0 Å². The molecule has 1 heterocycles. The molecule has 4 heteroatoms.